The summed E-state index contributed by atoms with van der Waals surface area (Å²) >= 11 is 0. The minimum Gasteiger partial charge on any atom is -0.409 e. The SMILES string of the molecule is CC(C)C(NC(=O)Nc1ccc(F)cc1F)C(N)=NO. The van der Waals surface area contributed by atoms with Gasteiger partial charge in [-0.05, 0) is 18.1 Å². The van der Waals surface area contributed by atoms with Crippen molar-refractivity contribution in [3.63, 3.8) is 0 Å². The Balaban J connectivity index is 2.76. The number of rotatable bonds is 4. The van der Waals surface area contributed by atoms with Crippen LogP contribution in [0.5, 0.6) is 0 Å². The zero-order valence-corrected chi connectivity index (χ0v) is 11.0. The van der Waals surface area contributed by atoms with Gasteiger partial charge in [0.1, 0.15) is 11.6 Å². The van der Waals surface area contributed by atoms with Crippen molar-refractivity contribution in [2.45, 2.75) is 19.9 Å². The number of amides is 2. The fourth-order valence-electron chi connectivity index (χ4n) is 1.53. The minimum atomic E-state index is -0.898. The number of nitrogens with zero attached hydrogens (tertiary/aromatic N) is 1. The molecule has 0 saturated carbocycles. The van der Waals surface area contributed by atoms with E-state index in [9.17, 15) is 13.6 Å². The summed E-state index contributed by atoms with van der Waals surface area (Å²) in [6.45, 7) is 3.50. The van der Waals surface area contributed by atoms with Crippen LogP contribution in [0.25, 0.3) is 0 Å². The average molecular weight is 286 g/mol. The van der Waals surface area contributed by atoms with Crippen LogP contribution in [0.4, 0.5) is 19.3 Å². The van der Waals surface area contributed by atoms with Crippen molar-refractivity contribution in [3.05, 3.63) is 29.8 Å². The topological polar surface area (TPSA) is 99.7 Å². The third-order valence-electron chi connectivity index (χ3n) is 2.57. The van der Waals surface area contributed by atoms with E-state index in [1.807, 2.05) is 0 Å². The Morgan fingerprint density at radius 1 is 1.40 bits per heavy atom. The maximum Gasteiger partial charge on any atom is 0.319 e. The smallest absolute Gasteiger partial charge is 0.319 e. The van der Waals surface area contributed by atoms with Gasteiger partial charge < -0.3 is 21.6 Å². The molecule has 1 aromatic rings. The Bertz CT molecular complexity index is 520. The molecule has 1 unspecified atom stereocenters. The maximum absolute atomic E-state index is 13.4. The molecule has 0 aliphatic carbocycles. The van der Waals surface area contributed by atoms with E-state index >= 15 is 0 Å². The molecule has 1 atom stereocenters. The number of hydrogen-bond acceptors (Lipinski definition) is 3. The summed E-state index contributed by atoms with van der Waals surface area (Å²) in [5, 5.41) is 16.1. The molecular weight excluding hydrogens is 270 g/mol. The third-order valence-corrected chi connectivity index (χ3v) is 2.57. The Hall–Kier alpha value is -2.38. The van der Waals surface area contributed by atoms with Crippen LogP contribution in [-0.2, 0) is 0 Å². The van der Waals surface area contributed by atoms with Crippen molar-refractivity contribution < 1.29 is 18.8 Å². The summed E-state index contributed by atoms with van der Waals surface area (Å²) in [4.78, 5) is 11.7. The van der Waals surface area contributed by atoms with E-state index in [0.717, 1.165) is 12.1 Å². The first-order valence-corrected chi connectivity index (χ1v) is 5.85. The maximum atomic E-state index is 13.4. The molecule has 6 nitrogen and oxygen atoms in total. The summed E-state index contributed by atoms with van der Waals surface area (Å²) in [6, 6.07) is 1.30. The molecule has 1 rings (SSSR count). The van der Waals surface area contributed by atoms with Crippen molar-refractivity contribution in [3.8, 4) is 0 Å². The van der Waals surface area contributed by atoms with Gasteiger partial charge in [-0.3, -0.25) is 0 Å². The second kappa shape index (κ2) is 6.69. The highest BCUT2D eigenvalue weighted by atomic mass is 19.1. The van der Waals surface area contributed by atoms with E-state index in [1.54, 1.807) is 13.8 Å². The predicted octanol–water partition coefficient (Wildman–Crippen LogP) is 1.86. The third kappa shape index (κ3) is 4.08. The van der Waals surface area contributed by atoms with Gasteiger partial charge in [0.15, 0.2) is 5.84 Å². The molecule has 5 N–H and O–H groups in total. The highest BCUT2D eigenvalue weighted by Crippen LogP contribution is 2.14. The number of benzene rings is 1. The zero-order chi connectivity index (χ0) is 15.3. The number of urea groups is 1. The molecule has 110 valence electrons. The molecule has 0 radical (unpaired) electrons. The number of nitrogens with two attached hydrogens (primary N) is 1. The van der Waals surface area contributed by atoms with E-state index < -0.39 is 23.7 Å². The molecule has 20 heavy (non-hydrogen) atoms. The second-order valence-corrected chi connectivity index (χ2v) is 4.47. The van der Waals surface area contributed by atoms with Gasteiger partial charge in [0.2, 0.25) is 0 Å². The van der Waals surface area contributed by atoms with Crippen LogP contribution < -0.4 is 16.4 Å². The largest absolute Gasteiger partial charge is 0.409 e. The zero-order valence-electron chi connectivity index (χ0n) is 11.0. The van der Waals surface area contributed by atoms with Crippen LogP contribution in [0.2, 0.25) is 0 Å². The molecule has 0 aliphatic heterocycles. The highest BCUT2D eigenvalue weighted by Gasteiger charge is 2.21. The van der Waals surface area contributed by atoms with Crippen LogP contribution >= 0.6 is 0 Å². The summed E-state index contributed by atoms with van der Waals surface area (Å²) in [5.74, 6) is -1.96. The van der Waals surface area contributed by atoms with E-state index in [4.69, 9.17) is 10.9 Å². The van der Waals surface area contributed by atoms with E-state index in [-0.39, 0.29) is 17.4 Å². The number of oxime groups is 1. The van der Waals surface area contributed by atoms with E-state index in [2.05, 4.69) is 15.8 Å². The normalized spacial score (nSPS) is 13.2. The van der Waals surface area contributed by atoms with Gasteiger partial charge in [-0.1, -0.05) is 19.0 Å². The molecule has 0 fully saturated rings. The van der Waals surface area contributed by atoms with Crippen molar-refractivity contribution in [2.24, 2.45) is 16.8 Å². The second-order valence-electron chi connectivity index (χ2n) is 4.47. The lowest BCUT2D eigenvalue weighted by Gasteiger charge is -2.21. The Kier molecular flexibility index (Phi) is 5.24. The average Bonchev–Trinajstić information content (AvgIpc) is 2.38. The Labute approximate surface area is 114 Å². The molecule has 0 saturated heterocycles. The van der Waals surface area contributed by atoms with Gasteiger partial charge in [-0.2, -0.15) is 0 Å². The van der Waals surface area contributed by atoms with Crippen LogP contribution in [0.15, 0.2) is 23.4 Å². The first-order valence-electron chi connectivity index (χ1n) is 5.85. The predicted molar refractivity (Wildman–Crippen MR) is 70.5 cm³/mol. The van der Waals surface area contributed by atoms with Gasteiger partial charge in [0.25, 0.3) is 0 Å². The number of carbonyl (C=O) groups is 1. The number of nitrogens with one attached hydrogen (secondary N) is 2. The molecule has 0 spiro atoms. The quantitative estimate of drug-likeness (QED) is 0.294. The van der Waals surface area contributed by atoms with E-state index in [0.29, 0.717) is 6.07 Å². The number of anilines is 1. The number of amidine groups is 1. The lowest BCUT2D eigenvalue weighted by atomic mass is 10.0. The summed E-state index contributed by atoms with van der Waals surface area (Å²) < 4.78 is 26.1. The lowest BCUT2D eigenvalue weighted by Crippen LogP contribution is -2.49. The number of halogens is 2. The van der Waals surface area contributed by atoms with Gasteiger partial charge in [-0.15, -0.1) is 0 Å². The van der Waals surface area contributed by atoms with Crippen LogP contribution in [0, 0.1) is 17.6 Å². The molecule has 8 heteroatoms. The summed E-state index contributed by atoms with van der Waals surface area (Å²) in [5.41, 5.74) is 5.27. The molecule has 0 heterocycles. The Morgan fingerprint density at radius 3 is 2.55 bits per heavy atom. The first kappa shape index (κ1) is 15.7. The fourth-order valence-corrected chi connectivity index (χ4v) is 1.53. The monoisotopic (exact) mass is 286 g/mol. The van der Waals surface area contributed by atoms with Crippen molar-refractivity contribution in [2.75, 3.05) is 5.32 Å². The van der Waals surface area contributed by atoms with Gasteiger partial charge in [-0.25, -0.2) is 13.6 Å². The molecule has 2 amide bonds. The highest BCUT2D eigenvalue weighted by molar-refractivity contribution is 5.94. The summed E-state index contributed by atoms with van der Waals surface area (Å²) in [6.07, 6.45) is 0. The molecule has 1 aromatic carbocycles. The summed E-state index contributed by atoms with van der Waals surface area (Å²) in [7, 11) is 0. The number of carbonyl (C=O) groups excluding carboxylic acids is 1. The van der Waals surface area contributed by atoms with Crippen LogP contribution in [-0.4, -0.2) is 23.1 Å². The molecule has 0 aliphatic rings. The standard InChI is InChI=1S/C12H16F2N4O2/c1-6(2)10(11(15)18-20)17-12(19)16-9-4-3-7(13)5-8(9)14/h3-6,10,20H,1-2H3,(H2,15,18)(H2,16,17,19). The fraction of sp³-hybridized carbons (Fsp3) is 0.333. The van der Waals surface area contributed by atoms with Crippen LogP contribution in [0.3, 0.4) is 0 Å². The first-order chi connectivity index (χ1) is 9.35. The molecular formula is C12H16F2N4O2. The minimum absolute atomic E-state index is 0.144. The Morgan fingerprint density at radius 2 is 2.05 bits per heavy atom. The molecule has 0 aromatic heterocycles. The van der Waals surface area contributed by atoms with Crippen molar-refractivity contribution >= 4 is 17.6 Å². The van der Waals surface area contributed by atoms with E-state index in [1.165, 1.54) is 0 Å². The van der Waals surface area contributed by atoms with Gasteiger partial charge >= 0.3 is 6.03 Å². The van der Waals surface area contributed by atoms with Gasteiger partial charge in [0.05, 0.1) is 11.7 Å². The van der Waals surface area contributed by atoms with Crippen molar-refractivity contribution in [1.29, 1.82) is 0 Å². The van der Waals surface area contributed by atoms with Crippen LogP contribution in [0.1, 0.15) is 13.8 Å². The van der Waals surface area contributed by atoms with Gasteiger partial charge in [0, 0.05) is 6.07 Å². The lowest BCUT2D eigenvalue weighted by molar-refractivity contribution is 0.247. The number of hydrogen-bond donors (Lipinski definition) is 4. The molecule has 0 bridgehead atoms. The van der Waals surface area contributed by atoms with Crippen molar-refractivity contribution in [1.82, 2.24) is 5.32 Å².